The Labute approximate surface area is 170 Å². The van der Waals surface area contributed by atoms with Crippen molar-refractivity contribution < 1.29 is 9.26 Å². The lowest BCUT2D eigenvalue weighted by Gasteiger charge is -2.23. The maximum absolute atomic E-state index is 6.20. The van der Waals surface area contributed by atoms with E-state index in [1.165, 1.54) is 19.3 Å². The van der Waals surface area contributed by atoms with Gasteiger partial charge in [0, 0.05) is 13.5 Å². The molecule has 1 aliphatic rings. The third-order valence-corrected chi connectivity index (χ3v) is 5.37. The summed E-state index contributed by atoms with van der Waals surface area (Å²) in [5, 5.41) is 12.5. The minimum atomic E-state index is 0.303. The number of hydrogen-bond acceptors (Lipinski definition) is 7. The van der Waals surface area contributed by atoms with Gasteiger partial charge in [0.25, 0.3) is 0 Å². The second-order valence-corrected chi connectivity index (χ2v) is 7.70. The van der Waals surface area contributed by atoms with E-state index in [1.54, 1.807) is 4.68 Å². The van der Waals surface area contributed by atoms with Crippen molar-refractivity contribution in [1.82, 2.24) is 30.1 Å². The van der Waals surface area contributed by atoms with Gasteiger partial charge in [-0.3, -0.25) is 4.68 Å². The van der Waals surface area contributed by atoms with Gasteiger partial charge < -0.3 is 9.26 Å². The van der Waals surface area contributed by atoms with E-state index in [0.717, 1.165) is 60.0 Å². The minimum Gasteiger partial charge on any atom is -0.489 e. The van der Waals surface area contributed by atoms with Crippen molar-refractivity contribution in [2.75, 3.05) is 0 Å². The first-order chi connectivity index (χ1) is 14.1. The van der Waals surface area contributed by atoms with Crippen LogP contribution in [0.3, 0.4) is 0 Å². The van der Waals surface area contributed by atoms with Crippen molar-refractivity contribution in [3.05, 3.63) is 35.2 Å². The highest BCUT2D eigenvalue weighted by atomic mass is 16.5. The average molecular weight is 396 g/mol. The largest absolute Gasteiger partial charge is 0.489 e. The van der Waals surface area contributed by atoms with Crippen LogP contribution in [0.1, 0.15) is 68.6 Å². The van der Waals surface area contributed by atoms with Crippen LogP contribution in [-0.2, 0) is 19.9 Å². The van der Waals surface area contributed by atoms with Gasteiger partial charge >= 0.3 is 0 Å². The van der Waals surface area contributed by atoms with Crippen molar-refractivity contribution in [3.63, 3.8) is 0 Å². The van der Waals surface area contributed by atoms with Crippen LogP contribution in [0.2, 0.25) is 0 Å². The number of aryl methyl sites for hydroxylation is 3. The number of rotatable bonds is 7. The summed E-state index contributed by atoms with van der Waals surface area (Å²) in [6.07, 6.45) is 8.61. The molecule has 1 aliphatic carbocycles. The molecule has 0 N–H and O–H groups in total. The maximum Gasteiger partial charge on any atom is 0.232 e. The first-order valence-electron chi connectivity index (χ1n) is 10.5. The van der Waals surface area contributed by atoms with E-state index in [9.17, 15) is 0 Å². The molecule has 0 radical (unpaired) electrons. The Morgan fingerprint density at radius 1 is 1.17 bits per heavy atom. The Hall–Kier alpha value is -2.77. The van der Waals surface area contributed by atoms with Gasteiger partial charge in [0.15, 0.2) is 5.82 Å². The fourth-order valence-electron chi connectivity index (χ4n) is 3.77. The fourth-order valence-corrected chi connectivity index (χ4v) is 3.77. The van der Waals surface area contributed by atoms with Crippen molar-refractivity contribution in [3.8, 4) is 17.1 Å². The molecular weight excluding hydrogens is 368 g/mol. The van der Waals surface area contributed by atoms with Crippen LogP contribution in [0.5, 0.6) is 5.75 Å². The lowest BCUT2D eigenvalue weighted by atomic mass is 9.98. The van der Waals surface area contributed by atoms with Crippen LogP contribution < -0.4 is 4.74 Å². The molecule has 0 amide bonds. The quantitative estimate of drug-likeness (QED) is 0.599. The number of aromatic nitrogens is 6. The first-order valence-corrected chi connectivity index (χ1v) is 10.5. The highest BCUT2D eigenvalue weighted by Gasteiger charge is 2.20. The third kappa shape index (κ3) is 4.46. The van der Waals surface area contributed by atoms with E-state index in [2.05, 4.69) is 27.4 Å². The molecule has 1 fully saturated rings. The lowest BCUT2D eigenvalue weighted by Crippen LogP contribution is -2.20. The molecule has 0 aliphatic heterocycles. The summed E-state index contributed by atoms with van der Waals surface area (Å²) in [7, 11) is 1.86. The molecule has 0 spiro atoms. The predicted octanol–water partition coefficient (Wildman–Crippen LogP) is 3.82. The number of hydrogen-bond donors (Lipinski definition) is 0. The van der Waals surface area contributed by atoms with Gasteiger partial charge in [-0.25, -0.2) is 4.98 Å². The Kier molecular flexibility index (Phi) is 5.87. The number of pyridine rings is 1. The smallest absolute Gasteiger partial charge is 0.232 e. The molecular formula is C21H28N6O2. The molecule has 8 nitrogen and oxygen atoms in total. The summed E-state index contributed by atoms with van der Waals surface area (Å²) >= 11 is 0. The van der Waals surface area contributed by atoms with Gasteiger partial charge in [0.05, 0.1) is 29.6 Å². The Balaban J connectivity index is 1.54. The molecule has 0 saturated heterocycles. The summed E-state index contributed by atoms with van der Waals surface area (Å²) in [5.74, 6) is 2.15. The molecule has 3 aromatic heterocycles. The summed E-state index contributed by atoms with van der Waals surface area (Å²) in [5.41, 5.74) is 3.27. The Morgan fingerprint density at radius 3 is 2.76 bits per heavy atom. The molecule has 0 bridgehead atoms. The van der Waals surface area contributed by atoms with E-state index in [-0.39, 0.29) is 0 Å². The summed E-state index contributed by atoms with van der Waals surface area (Å²) in [6, 6.07) is 3.95. The summed E-state index contributed by atoms with van der Waals surface area (Å²) < 4.78 is 13.3. The monoisotopic (exact) mass is 396 g/mol. The normalized spacial score (nSPS) is 15.0. The second-order valence-electron chi connectivity index (χ2n) is 7.70. The van der Waals surface area contributed by atoms with Crippen LogP contribution in [0, 0.1) is 6.92 Å². The van der Waals surface area contributed by atoms with Crippen molar-refractivity contribution in [2.45, 2.75) is 71.3 Å². The number of ether oxygens (including phenoxy) is 1. The zero-order valence-electron chi connectivity index (χ0n) is 17.4. The summed E-state index contributed by atoms with van der Waals surface area (Å²) in [6.45, 7) is 4.07. The van der Waals surface area contributed by atoms with Crippen molar-refractivity contribution in [1.29, 1.82) is 0 Å². The van der Waals surface area contributed by atoms with E-state index in [4.69, 9.17) is 14.2 Å². The maximum atomic E-state index is 6.20. The average Bonchev–Trinajstić information content (AvgIpc) is 3.32. The van der Waals surface area contributed by atoms with Crippen molar-refractivity contribution in [2.24, 2.45) is 7.05 Å². The van der Waals surface area contributed by atoms with E-state index in [1.807, 2.05) is 26.1 Å². The molecule has 3 aromatic rings. The summed E-state index contributed by atoms with van der Waals surface area (Å²) in [4.78, 5) is 9.21. The van der Waals surface area contributed by atoms with Gasteiger partial charge in [-0.05, 0) is 51.2 Å². The molecule has 4 rings (SSSR count). The minimum absolute atomic E-state index is 0.303. The lowest BCUT2D eigenvalue weighted by molar-refractivity contribution is 0.153. The number of nitrogens with zero attached hydrogens (tertiary/aromatic N) is 6. The van der Waals surface area contributed by atoms with Gasteiger partial charge in [-0.2, -0.15) is 4.98 Å². The van der Waals surface area contributed by atoms with Gasteiger partial charge in [-0.1, -0.05) is 23.7 Å². The SMILES string of the molecule is CCCc1noc(Cc2c(-c3ccc(OC4CCCCC4)c(C)n3)nnn2C)n1. The van der Waals surface area contributed by atoms with Gasteiger partial charge in [-0.15, -0.1) is 5.10 Å². The second kappa shape index (κ2) is 8.71. The molecule has 8 heteroatoms. The predicted molar refractivity (Wildman–Crippen MR) is 108 cm³/mol. The van der Waals surface area contributed by atoms with Gasteiger partial charge in [0.1, 0.15) is 11.4 Å². The van der Waals surface area contributed by atoms with E-state index >= 15 is 0 Å². The van der Waals surface area contributed by atoms with E-state index < -0.39 is 0 Å². The molecule has 0 aromatic carbocycles. The van der Waals surface area contributed by atoms with Crippen LogP contribution in [0.15, 0.2) is 16.7 Å². The third-order valence-electron chi connectivity index (χ3n) is 5.37. The highest BCUT2D eigenvalue weighted by Crippen LogP contribution is 2.28. The molecule has 29 heavy (non-hydrogen) atoms. The van der Waals surface area contributed by atoms with Crippen LogP contribution >= 0.6 is 0 Å². The molecule has 0 atom stereocenters. The molecule has 154 valence electrons. The first kappa shape index (κ1) is 19.5. The zero-order valence-corrected chi connectivity index (χ0v) is 17.4. The standard InChI is InChI=1S/C21H28N6O2/c1-4-8-19-23-20(29-25-19)13-17-21(24-26-27(17)3)16-11-12-18(14(2)22-16)28-15-9-6-5-7-10-15/h11-12,15H,4-10,13H2,1-3H3. The van der Waals surface area contributed by atoms with Crippen molar-refractivity contribution >= 4 is 0 Å². The van der Waals surface area contributed by atoms with Crippen LogP contribution in [-0.4, -0.2) is 36.2 Å². The fraction of sp³-hybridized carbons (Fsp3) is 0.571. The molecule has 3 heterocycles. The van der Waals surface area contributed by atoms with Crippen LogP contribution in [0.25, 0.3) is 11.4 Å². The topological polar surface area (TPSA) is 91.8 Å². The molecule has 1 saturated carbocycles. The Bertz CT molecular complexity index is 958. The van der Waals surface area contributed by atoms with Crippen LogP contribution in [0.4, 0.5) is 0 Å². The van der Waals surface area contributed by atoms with E-state index in [0.29, 0.717) is 18.4 Å². The Morgan fingerprint density at radius 2 is 2.00 bits per heavy atom. The van der Waals surface area contributed by atoms with Gasteiger partial charge in [0.2, 0.25) is 5.89 Å². The molecule has 0 unspecified atom stereocenters. The zero-order chi connectivity index (χ0) is 20.2. The highest BCUT2D eigenvalue weighted by molar-refractivity contribution is 5.58.